The molecule has 0 N–H and O–H groups in total. The summed E-state index contributed by atoms with van der Waals surface area (Å²) in [7, 11) is 0. The number of unbranched alkanes of at least 4 members (excludes halogenated alkanes) is 23. The fraction of sp³-hybridized carbons (Fsp3) is 0.941. The standard InChI is InChI=1S/C34H68N2/c1-4-7-9-11-13-15-17-18-19-21-23-25-27-29-31-36-33-32-35(6-3)34(36)30-28-26-24-22-20-16-14-12-10-8-5-2/h32-34H,4-31H2,1-3H3. The summed E-state index contributed by atoms with van der Waals surface area (Å²) < 4.78 is 0. The predicted octanol–water partition coefficient (Wildman–Crippen LogP) is 11.6. The van der Waals surface area contributed by atoms with Gasteiger partial charge >= 0.3 is 0 Å². The van der Waals surface area contributed by atoms with Crippen molar-refractivity contribution >= 4 is 0 Å². The summed E-state index contributed by atoms with van der Waals surface area (Å²) in [5.41, 5.74) is 0. The highest BCUT2D eigenvalue weighted by molar-refractivity contribution is 4.96. The Morgan fingerprint density at radius 3 is 1.11 bits per heavy atom. The molecule has 1 aliphatic heterocycles. The van der Waals surface area contributed by atoms with E-state index in [-0.39, 0.29) is 0 Å². The van der Waals surface area contributed by atoms with Crippen LogP contribution in [0.3, 0.4) is 0 Å². The van der Waals surface area contributed by atoms with Crippen molar-refractivity contribution in [1.29, 1.82) is 0 Å². The third kappa shape index (κ3) is 18.6. The Labute approximate surface area is 229 Å². The lowest BCUT2D eigenvalue weighted by atomic mass is 10.0. The number of rotatable bonds is 28. The third-order valence-electron chi connectivity index (χ3n) is 8.42. The molecule has 2 nitrogen and oxygen atoms in total. The summed E-state index contributed by atoms with van der Waals surface area (Å²) in [4.78, 5) is 5.22. The van der Waals surface area contributed by atoms with Crippen molar-refractivity contribution in [3.8, 4) is 0 Å². The maximum atomic E-state index is 2.65. The Bertz CT molecular complexity index is 460. The molecular weight excluding hydrogens is 436 g/mol. The van der Waals surface area contributed by atoms with Gasteiger partial charge in [-0.2, -0.15) is 0 Å². The second-order valence-corrected chi connectivity index (χ2v) is 11.8. The van der Waals surface area contributed by atoms with E-state index in [1.54, 1.807) is 0 Å². The molecule has 0 aliphatic carbocycles. The van der Waals surface area contributed by atoms with Gasteiger partial charge in [-0.1, -0.05) is 162 Å². The molecule has 1 heterocycles. The minimum absolute atomic E-state index is 0.635. The van der Waals surface area contributed by atoms with E-state index in [4.69, 9.17) is 0 Å². The summed E-state index contributed by atoms with van der Waals surface area (Å²) in [5.74, 6) is 0. The fourth-order valence-corrected chi connectivity index (χ4v) is 5.91. The minimum atomic E-state index is 0.635. The van der Waals surface area contributed by atoms with E-state index in [2.05, 4.69) is 43.0 Å². The lowest BCUT2D eigenvalue weighted by Crippen LogP contribution is -2.38. The molecule has 0 amide bonds. The van der Waals surface area contributed by atoms with Gasteiger partial charge < -0.3 is 9.80 Å². The molecule has 1 atom stereocenters. The van der Waals surface area contributed by atoms with Crippen molar-refractivity contribution in [2.24, 2.45) is 0 Å². The van der Waals surface area contributed by atoms with Crippen molar-refractivity contribution in [2.45, 2.75) is 194 Å². The van der Waals surface area contributed by atoms with Gasteiger partial charge in [-0.15, -0.1) is 0 Å². The van der Waals surface area contributed by atoms with Crippen LogP contribution in [-0.2, 0) is 0 Å². The van der Waals surface area contributed by atoms with Crippen LogP contribution in [0.2, 0.25) is 0 Å². The largest absolute Gasteiger partial charge is 0.356 e. The van der Waals surface area contributed by atoms with Crippen LogP contribution in [0, 0.1) is 0 Å². The first-order valence-corrected chi connectivity index (χ1v) is 17.0. The lowest BCUT2D eigenvalue weighted by Gasteiger charge is -2.32. The predicted molar refractivity (Wildman–Crippen MR) is 163 cm³/mol. The zero-order valence-electron chi connectivity index (χ0n) is 25.4. The summed E-state index contributed by atoms with van der Waals surface area (Å²) >= 11 is 0. The van der Waals surface area contributed by atoms with Crippen LogP contribution in [0.1, 0.15) is 188 Å². The minimum Gasteiger partial charge on any atom is -0.356 e. The number of hydrogen-bond donors (Lipinski definition) is 0. The van der Waals surface area contributed by atoms with Crippen LogP contribution in [0.25, 0.3) is 0 Å². The Kier molecular flexibility index (Phi) is 24.1. The highest BCUT2D eigenvalue weighted by atomic mass is 15.4. The monoisotopic (exact) mass is 505 g/mol. The van der Waals surface area contributed by atoms with Gasteiger partial charge in [-0.3, -0.25) is 0 Å². The van der Waals surface area contributed by atoms with E-state index in [0.717, 1.165) is 6.54 Å². The van der Waals surface area contributed by atoms with Crippen LogP contribution in [0.4, 0.5) is 0 Å². The highest BCUT2D eigenvalue weighted by Crippen LogP contribution is 2.23. The molecule has 0 saturated carbocycles. The highest BCUT2D eigenvalue weighted by Gasteiger charge is 2.23. The quantitative estimate of drug-likeness (QED) is 0.0977. The second kappa shape index (κ2) is 26.0. The molecule has 1 unspecified atom stereocenters. The van der Waals surface area contributed by atoms with Crippen LogP contribution in [-0.4, -0.2) is 29.1 Å². The molecule has 0 bridgehead atoms. The SMILES string of the molecule is CCCCCCCCCCCCCCCCN1C=CN(CC)C1CCCCCCCCCCCCC. The Morgan fingerprint density at radius 1 is 0.389 bits per heavy atom. The van der Waals surface area contributed by atoms with Crippen molar-refractivity contribution in [3.05, 3.63) is 12.4 Å². The van der Waals surface area contributed by atoms with Crippen molar-refractivity contribution in [2.75, 3.05) is 13.1 Å². The molecule has 2 heteroatoms. The summed E-state index contributed by atoms with van der Waals surface area (Å²) in [6, 6.07) is 0. The molecule has 1 rings (SSSR count). The molecule has 1 aliphatic rings. The molecule has 36 heavy (non-hydrogen) atoms. The van der Waals surface area contributed by atoms with Gasteiger partial charge in [0.25, 0.3) is 0 Å². The first-order chi connectivity index (χ1) is 17.8. The lowest BCUT2D eigenvalue weighted by molar-refractivity contribution is 0.142. The van der Waals surface area contributed by atoms with Gasteiger partial charge in [0.15, 0.2) is 0 Å². The van der Waals surface area contributed by atoms with E-state index in [1.807, 2.05) is 0 Å². The van der Waals surface area contributed by atoms with Crippen LogP contribution in [0.5, 0.6) is 0 Å². The molecule has 0 aromatic rings. The van der Waals surface area contributed by atoms with E-state index >= 15 is 0 Å². The van der Waals surface area contributed by atoms with Gasteiger partial charge in [-0.05, 0) is 26.2 Å². The topological polar surface area (TPSA) is 6.48 Å². The van der Waals surface area contributed by atoms with Gasteiger partial charge in [0, 0.05) is 25.5 Å². The van der Waals surface area contributed by atoms with E-state index in [9.17, 15) is 0 Å². The third-order valence-corrected chi connectivity index (χ3v) is 8.42. The summed E-state index contributed by atoms with van der Waals surface area (Å²) in [5, 5.41) is 0. The Morgan fingerprint density at radius 2 is 0.722 bits per heavy atom. The molecule has 0 spiro atoms. The van der Waals surface area contributed by atoms with E-state index in [0.29, 0.717) is 6.17 Å². The van der Waals surface area contributed by atoms with Crippen molar-refractivity contribution in [3.63, 3.8) is 0 Å². The Hall–Kier alpha value is -0.660. The van der Waals surface area contributed by atoms with Crippen LogP contribution < -0.4 is 0 Å². The molecule has 214 valence electrons. The zero-order valence-corrected chi connectivity index (χ0v) is 25.4. The van der Waals surface area contributed by atoms with Crippen molar-refractivity contribution < 1.29 is 0 Å². The van der Waals surface area contributed by atoms with Crippen LogP contribution in [0.15, 0.2) is 12.4 Å². The first-order valence-electron chi connectivity index (χ1n) is 17.0. The maximum Gasteiger partial charge on any atom is 0.101 e. The maximum absolute atomic E-state index is 2.65. The molecule has 0 aromatic heterocycles. The van der Waals surface area contributed by atoms with Gasteiger partial charge in [-0.25, -0.2) is 0 Å². The molecule has 0 radical (unpaired) electrons. The number of hydrogen-bond acceptors (Lipinski definition) is 2. The van der Waals surface area contributed by atoms with Crippen molar-refractivity contribution in [1.82, 2.24) is 9.80 Å². The average Bonchev–Trinajstić information content (AvgIpc) is 3.29. The molecule has 0 aromatic carbocycles. The summed E-state index contributed by atoms with van der Waals surface area (Å²) in [6.45, 7) is 9.33. The average molecular weight is 505 g/mol. The molecule has 0 fully saturated rings. The Balaban J connectivity index is 1.96. The fourth-order valence-electron chi connectivity index (χ4n) is 5.91. The van der Waals surface area contributed by atoms with Gasteiger partial charge in [0.1, 0.15) is 6.17 Å². The summed E-state index contributed by atoms with van der Waals surface area (Å²) in [6.07, 6.45) is 42.8. The molecule has 0 saturated heterocycles. The number of nitrogens with zero attached hydrogens (tertiary/aromatic N) is 2. The van der Waals surface area contributed by atoms with Gasteiger partial charge in [0.05, 0.1) is 0 Å². The van der Waals surface area contributed by atoms with Crippen LogP contribution >= 0.6 is 0 Å². The first kappa shape index (κ1) is 33.4. The van der Waals surface area contributed by atoms with E-state index < -0.39 is 0 Å². The van der Waals surface area contributed by atoms with E-state index in [1.165, 1.54) is 173 Å². The normalized spacial score (nSPS) is 15.5. The van der Waals surface area contributed by atoms with Gasteiger partial charge in [0.2, 0.25) is 0 Å². The zero-order chi connectivity index (χ0) is 25.9. The molecular formula is C34H68N2. The second-order valence-electron chi connectivity index (χ2n) is 11.8. The smallest absolute Gasteiger partial charge is 0.101 e.